The van der Waals surface area contributed by atoms with Gasteiger partial charge in [-0.1, -0.05) is 11.3 Å². The monoisotopic (exact) mass is 392 g/mol. The van der Waals surface area contributed by atoms with Gasteiger partial charge in [-0.2, -0.15) is 13.2 Å². The summed E-state index contributed by atoms with van der Waals surface area (Å²) in [5.74, 6) is 0. The van der Waals surface area contributed by atoms with E-state index in [9.17, 15) is 21.6 Å². The summed E-state index contributed by atoms with van der Waals surface area (Å²) < 4.78 is 60.5. The maximum Gasteiger partial charge on any atom is 0.427 e. The molecule has 0 radical (unpaired) electrons. The van der Waals surface area contributed by atoms with Gasteiger partial charge in [0.1, 0.15) is 4.88 Å². The van der Waals surface area contributed by atoms with Crippen LogP contribution in [0.1, 0.15) is 4.88 Å². The average molecular weight is 392 g/mol. The molecule has 0 atom stereocenters. The van der Waals surface area contributed by atoms with E-state index in [-0.39, 0.29) is 4.90 Å². The molecule has 1 aliphatic heterocycles. The highest BCUT2D eigenvalue weighted by Crippen LogP contribution is 2.36. The molecule has 0 bridgehead atoms. The van der Waals surface area contributed by atoms with Gasteiger partial charge in [0.05, 0.1) is 11.1 Å². The molecule has 1 aliphatic rings. The van der Waals surface area contributed by atoms with Crippen molar-refractivity contribution in [2.45, 2.75) is 11.1 Å². The summed E-state index contributed by atoms with van der Waals surface area (Å²) >= 11 is 0.639. The van der Waals surface area contributed by atoms with E-state index in [1.165, 1.54) is 12.1 Å². The molecule has 2 heterocycles. The smallest absolute Gasteiger partial charge is 0.368 e. The van der Waals surface area contributed by atoms with E-state index >= 15 is 0 Å². The van der Waals surface area contributed by atoms with Crippen molar-refractivity contribution in [3.05, 3.63) is 35.3 Å². The van der Waals surface area contributed by atoms with E-state index in [1.807, 2.05) is 9.80 Å². The number of halogens is 3. The summed E-state index contributed by atoms with van der Waals surface area (Å²) in [5.41, 5.74) is 0.835. The van der Waals surface area contributed by atoms with Gasteiger partial charge in [0.15, 0.2) is 5.13 Å². The molecular formula is C14H15F3N4O2S2. The number of aromatic nitrogens is 1. The lowest BCUT2D eigenvalue weighted by atomic mass is 10.2. The van der Waals surface area contributed by atoms with Crippen LogP contribution >= 0.6 is 11.3 Å². The third-order valence-corrected chi connectivity index (χ3v) is 5.89. The second-order valence-corrected chi connectivity index (χ2v) is 8.09. The number of sulfonamides is 1. The number of anilines is 2. The topological polar surface area (TPSA) is 79.5 Å². The first kappa shape index (κ1) is 18.0. The molecule has 1 aromatic carbocycles. The van der Waals surface area contributed by atoms with E-state index < -0.39 is 21.1 Å². The first-order valence-corrected chi connectivity index (χ1v) is 9.67. The zero-order valence-electron chi connectivity index (χ0n) is 12.9. The highest BCUT2D eigenvalue weighted by Gasteiger charge is 2.34. The van der Waals surface area contributed by atoms with Crippen LogP contribution in [0.3, 0.4) is 0 Å². The molecule has 2 N–H and O–H groups in total. The second kappa shape index (κ2) is 6.46. The number of thiazole rings is 1. The van der Waals surface area contributed by atoms with Crippen LogP contribution < -0.4 is 14.9 Å². The summed E-state index contributed by atoms with van der Waals surface area (Å²) in [6.07, 6.45) is -3.51. The van der Waals surface area contributed by atoms with Crippen LogP contribution in [-0.2, 0) is 16.2 Å². The van der Waals surface area contributed by atoms with Gasteiger partial charge in [-0.15, -0.1) is 0 Å². The van der Waals surface area contributed by atoms with Gasteiger partial charge in [-0.05, 0) is 24.3 Å². The van der Waals surface area contributed by atoms with Gasteiger partial charge < -0.3 is 9.80 Å². The molecule has 0 aliphatic carbocycles. The molecule has 2 aromatic rings. The third kappa shape index (κ3) is 4.05. The highest BCUT2D eigenvalue weighted by molar-refractivity contribution is 7.89. The van der Waals surface area contributed by atoms with Crippen molar-refractivity contribution in [1.29, 1.82) is 0 Å². The Hall–Kier alpha value is -1.85. The summed E-state index contributed by atoms with van der Waals surface area (Å²) in [7, 11) is -3.73. The Bertz CT molecular complexity index is 842. The molecular weight excluding hydrogens is 377 g/mol. The summed E-state index contributed by atoms with van der Waals surface area (Å²) in [4.78, 5) is 7.05. The minimum Gasteiger partial charge on any atom is -0.368 e. The van der Waals surface area contributed by atoms with E-state index in [0.29, 0.717) is 42.6 Å². The van der Waals surface area contributed by atoms with Crippen LogP contribution in [0.5, 0.6) is 0 Å². The maximum absolute atomic E-state index is 12.7. The Morgan fingerprint density at radius 1 is 1.04 bits per heavy atom. The van der Waals surface area contributed by atoms with Gasteiger partial charge in [-0.3, -0.25) is 0 Å². The molecule has 1 fully saturated rings. The minimum absolute atomic E-state index is 0.0392. The standard InChI is InChI=1S/C14H15F3N4O2S2/c15-14(16,17)12-9-19-13(24-12)21-7-5-20(6-8-21)10-1-3-11(4-2-10)25(18,22)23/h1-4,9H,5-8H2,(H2,18,22,23). The third-order valence-electron chi connectivity index (χ3n) is 3.85. The molecule has 136 valence electrons. The predicted octanol–water partition coefficient (Wildman–Crippen LogP) is 2.14. The van der Waals surface area contributed by atoms with Crippen molar-refractivity contribution in [2.75, 3.05) is 36.0 Å². The zero-order chi connectivity index (χ0) is 18.2. The zero-order valence-corrected chi connectivity index (χ0v) is 14.5. The number of primary sulfonamides is 1. The van der Waals surface area contributed by atoms with Crippen molar-refractivity contribution < 1.29 is 21.6 Å². The van der Waals surface area contributed by atoms with Crippen molar-refractivity contribution in [2.24, 2.45) is 5.14 Å². The van der Waals surface area contributed by atoms with E-state index in [2.05, 4.69) is 4.98 Å². The number of rotatable bonds is 3. The molecule has 0 spiro atoms. The quantitative estimate of drug-likeness (QED) is 0.866. The number of nitrogens with zero attached hydrogens (tertiary/aromatic N) is 3. The van der Waals surface area contributed by atoms with Crippen LogP contribution in [0.2, 0.25) is 0 Å². The Labute approximate surface area is 146 Å². The van der Waals surface area contributed by atoms with E-state index in [4.69, 9.17) is 5.14 Å². The van der Waals surface area contributed by atoms with Gasteiger partial charge in [0.25, 0.3) is 0 Å². The lowest BCUT2D eigenvalue weighted by Gasteiger charge is -2.36. The summed E-state index contributed by atoms with van der Waals surface area (Å²) in [6, 6.07) is 6.21. The van der Waals surface area contributed by atoms with Crippen molar-refractivity contribution in [1.82, 2.24) is 4.98 Å². The van der Waals surface area contributed by atoms with Crippen molar-refractivity contribution in [3.8, 4) is 0 Å². The SMILES string of the molecule is NS(=O)(=O)c1ccc(N2CCN(c3ncc(C(F)(F)F)s3)CC2)cc1. The molecule has 0 unspecified atom stereocenters. The predicted molar refractivity (Wildman–Crippen MR) is 89.4 cm³/mol. The first-order valence-electron chi connectivity index (χ1n) is 7.30. The highest BCUT2D eigenvalue weighted by atomic mass is 32.2. The fraction of sp³-hybridized carbons (Fsp3) is 0.357. The molecule has 11 heteroatoms. The number of nitrogens with two attached hydrogens (primary N) is 1. The average Bonchev–Trinajstić information content (AvgIpc) is 3.05. The van der Waals surface area contributed by atoms with Crippen molar-refractivity contribution in [3.63, 3.8) is 0 Å². The first-order chi connectivity index (χ1) is 11.6. The number of hydrogen-bond donors (Lipinski definition) is 1. The summed E-state index contributed by atoms with van der Waals surface area (Å²) in [5, 5.41) is 5.42. The van der Waals surface area contributed by atoms with Crippen LogP contribution in [-0.4, -0.2) is 39.6 Å². The summed E-state index contributed by atoms with van der Waals surface area (Å²) in [6.45, 7) is 2.24. The number of benzene rings is 1. The van der Waals surface area contributed by atoms with Crippen LogP contribution in [0.25, 0.3) is 0 Å². The normalized spacial score (nSPS) is 16.3. The Kier molecular flexibility index (Phi) is 4.64. The van der Waals surface area contributed by atoms with E-state index in [1.54, 1.807) is 12.1 Å². The lowest BCUT2D eigenvalue weighted by Crippen LogP contribution is -2.46. The number of hydrogen-bond acceptors (Lipinski definition) is 6. The van der Waals surface area contributed by atoms with Crippen LogP contribution in [0.4, 0.5) is 24.0 Å². The number of alkyl halides is 3. The van der Waals surface area contributed by atoms with Crippen LogP contribution in [0.15, 0.2) is 35.4 Å². The molecule has 0 saturated carbocycles. The Morgan fingerprint density at radius 2 is 1.60 bits per heavy atom. The van der Waals surface area contributed by atoms with Crippen LogP contribution in [0, 0.1) is 0 Å². The number of piperazine rings is 1. The van der Waals surface area contributed by atoms with Crippen molar-refractivity contribution >= 4 is 32.2 Å². The molecule has 6 nitrogen and oxygen atoms in total. The fourth-order valence-corrected chi connectivity index (χ4v) is 3.90. The van der Waals surface area contributed by atoms with Gasteiger partial charge >= 0.3 is 6.18 Å². The molecule has 1 saturated heterocycles. The van der Waals surface area contributed by atoms with Gasteiger partial charge in [0.2, 0.25) is 10.0 Å². The minimum atomic E-state index is -4.37. The molecule has 25 heavy (non-hydrogen) atoms. The van der Waals surface area contributed by atoms with Gasteiger partial charge in [-0.25, -0.2) is 18.5 Å². The maximum atomic E-state index is 12.7. The Morgan fingerprint density at radius 3 is 2.08 bits per heavy atom. The second-order valence-electron chi connectivity index (χ2n) is 5.52. The molecule has 3 rings (SSSR count). The largest absolute Gasteiger partial charge is 0.427 e. The van der Waals surface area contributed by atoms with Gasteiger partial charge in [0, 0.05) is 31.9 Å². The lowest BCUT2D eigenvalue weighted by molar-refractivity contribution is -0.134. The molecule has 1 aromatic heterocycles. The molecule has 0 amide bonds. The fourth-order valence-electron chi connectivity index (χ4n) is 2.54. The Balaban J connectivity index is 1.65. The van der Waals surface area contributed by atoms with E-state index in [0.717, 1.165) is 11.9 Å².